The van der Waals surface area contributed by atoms with E-state index >= 15 is 0 Å². The minimum absolute atomic E-state index is 0.182. The number of methoxy groups -OCH3 is 2. The smallest absolute Gasteiger partial charge is 0.338 e. The van der Waals surface area contributed by atoms with Crippen LogP contribution in [0.5, 0.6) is 11.5 Å². The molecule has 1 N–H and O–H groups in total. The second-order valence-electron chi connectivity index (χ2n) is 10.8. The molecule has 5 aromatic rings. The zero-order chi connectivity index (χ0) is 32.0. The van der Waals surface area contributed by atoms with Crippen molar-refractivity contribution >= 4 is 50.2 Å². The molecule has 0 fully saturated rings. The first-order chi connectivity index (χ1) is 21.7. The maximum Gasteiger partial charge on any atom is 0.338 e. The lowest BCUT2D eigenvalue weighted by Gasteiger charge is -2.26. The van der Waals surface area contributed by atoms with Crippen molar-refractivity contribution < 1.29 is 19.0 Å². The fraction of sp³-hybridized carbons (Fsp3) is 0.229. The third-order valence-electron chi connectivity index (χ3n) is 7.94. The Morgan fingerprint density at radius 3 is 2.47 bits per heavy atom. The number of carbonyl (C=O) groups is 1. The van der Waals surface area contributed by atoms with E-state index in [2.05, 4.69) is 59.0 Å². The summed E-state index contributed by atoms with van der Waals surface area (Å²) in [6.45, 7) is 7.85. The van der Waals surface area contributed by atoms with Crippen molar-refractivity contribution in [3.63, 3.8) is 0 Å². The van der Waals surface area contributed by atoms with Gasteiger partial charge in [-0.05, 0) is 68.7 Å². The number of nitrogens with one attached hydrogen (secondary N) is 1. The average molecular weight is 687 g/mol. The third kappa shape index (κ3) is 5.32. The van der Waals surface area contributed by atoms with E-state index in [4.69, 9.17) is 19.2 Å². The van der Waals surface area contributed by atoms with E-state index in [9.17, 15) is 9.59 Å². The van der Waals surface area contributed by atoms with Gasteiger partial charge >= 0.3 is 5.97 Å². The van der Waals surface area contributed by atoms with Gasteiger partial charge in [-0.15, -0.1) is 0 Å². The number of carbonyl (C=O) groups excluding carboxylic acids is 1. The van der Waals surface area contributed by atoms with Gasteiger partial charge in [0.1, 0.15) is 0 Å². The fourth-order valence-corrected chi connectivity index (χ4v) is 7.52. The zero-order valence-electron chi connectivity index (χ0n) is 25.8. The minimum Gasteiger partial charge on any atom is -0.493 e. The predicted molar refractivity (Wildman–Crippen MR) is 181 cm³/mol. The van der Waals surface area contributed by atoms with Crippen molar-refractivity contribution in [2.75, 3.05) is 20.8 Å². The highest BCUT2D eigenvalue weighted by atomic mass is 79.9. The normalized spacial score (nSPS) is 14.8. The van der Waals surface area contributed by atoms with Gasteiger partial charge in [0.25, 0.3) is 5.56 Å². The molecule has 1 aliphatic rings. The van der Waals surface area contributed by atoms with Crippen LogP contribution in [0.2, 0.25) is 0 Å². The summed E-state index contributed by atoms with van der Waals surface area (Å²) in [5.41, 5.74) is 7.26. The van der Waals surface area contributed by atoms with Crippen LogP contribution in [-0.4, -0.2) is 36.3 Å². The van der Waals surface area contributed by atoms with Crippen LogP contribution in [0, 0.1) is 13.8 Å². The summed E-state index contributed by atoms with van der Waals surface area (Å²) in [4.78, 5) is 36.8. The maximum atomic E-state index is 14.5. The molecule has 0 saturated heterocycles. The molecule has 3 heterocycles. The number of aryl methyl sites for hydroxylation is 2. The highest BCUT2D eigenvalue weighted by molar-refractivity contribution is 9.10. The van der Waals surface area contributed by atoms with E-state index < -0.39 is 12.0 Å². The van der Waals surface area contributed by atoms with Crippen molar-refractivity contribution in [1.82, 2.24) is 9.55 Å². The zero-order valence-corrected chi connectivity index (χ0v) is 28.2. The number of aromatic nitrogens is 2. The summed E-state index contributed by atoms with van der Waals surface area (Å²) in [6, 6.07) is 17.1. The van der Waals surface area contributed by atoms with Crippen molar-refractivity contribution in [3.05, 3.63) is 112 Å². The number of hydrogen-bond donors (Lipinski definition) is 1. The van der Waals surface area contributed by atoms with Gasteiger partial charge in [-0.1, -0.05) is 69.2 Å². The molecule has 230 valence electrons. The summed E-state index contributed by atoms with van der Waals surface area (Å²) >= 11 is 4.96. The van der Waals surface area contributed by atoms with E-state index in [0.29, 0.717) is 36.6 Å². The van der Waals surface area contributed by atoms with Gasteiger partial charge in [-0.25, -0.2) is 9.79 Å². The van der Waals surface area contributed by atoms with Crippen LogP contribution in [-0.2, 0) is 9.53 Å². The highest BCUT2D eigenvalue weighted by Crippen LogP contribution is 2.41. The molecule has 0 aliphatic carbocycles. The number of thiazole rings is 1. The average Bonchev–Trinajstić information content (AvgIpc) is 3.53. The minimum atomic E-state index is -0.822. The first-order valence-corrected chi connectivity index (χ1v) is 16.1. The van der Waals surface area contributed by atoms with Crippen LogP contribution in [0.15, 0.2) is 80.1 Å². The Hall–Kier alpha value is -4.41. The number of rotatable bonds is 7. The topological polar surface area (TPSA) is 94.9 Å². The number of esters is 1. The molecule has 6 rings (SSSR count). The molecule has 3 aromatic carbocycles. The van der Waals surface area contributed by atoms with Crippen LogP contribution in [0.25, 0.3) is 28.2 Å². The lowest BCUT2D eigenvalue weighted by Crippen LogP contribution is -2.40. The second-order valence-corrected chi connectivity index (χ2v) is 12.7. The molecule has 0 unspecified atom stereocenters. The Kier molecular flexibility index (Phi) is 8.28. The van der Waals surface area contributed by atoms with E-state index in [1.165, 1.54) is 11.3 Å². The predicted octanol–water partition coefficient (Wildman–Crippen LogP) is 6.34. The number of H-pyrrole nitrogens is 1. The highest BCUT2D eigenvalue weighted by Gasteiger charge is 2.35. The molecule has 0 bridgehead atoms. The number of nitrogens with zero attached hydrogens (tertiary/aromatic N) is 2. The van der Waals surface area contributed by atoms with Gasteiger partial charge in [0, 0.05) is 20.9 Å². The summed E-state index contributed by atoms with van der Waals surface area (Å²) < 4.78 is 19.3. The Labute approximate surface area is 272 Å². The van der Waals surface area contributed by atoms with E-state index in [1.54, 1.807) is 44.8 Å². The fourth-order valence-electron chi connectivity index (χ4n) is 5.95. The number of fused-ring (bicyclic) bond motifs is 2. The summed E-state index contributed by atoms with van der Waals surface area (Å²) in [7, 11) is 3.10. The van der Waals surface area contributed by atoms with Crippen LogP contribution in [0.4, 0.5) is 0 Å². The first-order valence-electron chi connectivity index (χ1n) is 14.5. The monoisotopic (exact) mass is 685 g/mol. The lowest BCUT2D eigenvalue weighted by atomic mass is 9.95. The number of ether oxygens (including phenoxy) is 3. The molecule has 1 atom stereocenters. The van der Waals surface area contributed by atoms with Crippen molar-refractivity contribution in [2.24, 2.45) is 4.99 Å². The molecular formula is C35H32BrN3O5S. The molecule has 2 aromatic heterocycles. The van der Waals surface area contributed by atoms with Crippen LogP contribution in [0.1, 0.15) is 42.1 Å². The van der Waals surface area contributed by atoms with Gasteiger partial charge in [0.15, 0.2) is 16.3 Å². The lowest BCUT2D eigenvalue weighted by molar-refractivity contribution is -0.139. The number of aromatic amines is 1. The van der Waals surface area contributed by atoms with E-state index in [1.807, 2.05) is 24.3 Å². The quantitative estimate of drug-likeness (QED) is 0.202. The Morgan fingerprint density at radius 2 is 1.78 bits per heavy atom. The molecular weight excluding hydrogens is 654 g/mol. The summed E-state index contributed by atoms with van der Waals surface area (Å²) in [5.74, 6) is 0.443. The van der Waals surface area contributed by atoms with Crippen LogP contribution in [0.3, 0.4) is 0 Å². The van der Waals surface area contributed by atoms with E-state index in [0.717, 1.165) is 38.9 Å². The molecule has 0 saturated carbocycles. The molecule has 10 heteroatoms. The standard InChI is InChI=1S/C35H32BrN3O5S/c1-7-44-34(41)29-20(4)37-35-39(32(29)24-15-26(42-5)27(43-6)17-25(24)36)33(40)28(45-35)16-23-22-14-18(2)13-19(3)30(22)38-31(23)21-11-9-8-10-12-21/h8-17,32,38H,7H2,1-6H3/b28-16+/t32-/m0/s1. The molecule has 0 spiro atoms. The van der Waals surface area contributed by atoms with Crippen molar-refractivity contribution in [3.8, 4) is 22.8 Å². The largest absolute Gasteiger partial charge is 0.493 e. The molecule has 8 nitrogen and oxygen atoms in total. The van der Waals surface area contributed by atoms with Crippen molar-refractivity contribution in [2.45, 2.75) is 33.7 Å². The van der Waals surface area contributed by atoms with Gasteiger partial charge in [0.05, 0.1) is 48.4 Å². The number of halogens is 1. The third-order valence-corrected chi connectivity index (χ3v) is 9.61. The number of allylic oxidation sites excluding steroid dienone is 1. The molecule has 45 heavy (non-hydrogen) atoms. The van der Waals surface area contributed by atoms with Gasteiger partial charge < -0.3 is 19.2 Å². The Bertz CT molecular complexity index is 2190. The summed E-state index contributed by atoms with van der Waals surface area (Å²) in [5, 5.41) is 1.03. The SMILES string of the molecule is CCOC(=O)C1=C(C)N=c2s/c(=C/c3c(-c4ccccc4)[nH]c4c(C)cc(C)cc34)c(=O)n2[C@H]1c1cc(OC)c(OC)cc1Br. The van der Waals surface area contributed by atoms with Gasteiger partial charge in [-0.3, -0.25) is 9.36 Å². The second kappa shape index (κ2) is 12.2. The Morgan fingerprint density at radius 1 is 1.07 bits per heavy atom. The number of benzene rings is 3. The summed E-state index contributed by atoms with van der Waals surface area (Å²) in [6.07, 6.45) is 1.94. The maximum absolute atomic E-state index is 14.5. The van der Waals surface area contributed by atoms with Crippen LogP contribution < -0.4 is 24.4 Å². The molecule has 0 radical (unpaired) electrons. The first kappa shape index (κ1) is 30.6. The van der Waals surface area contributed by atoms with E-state index in [-0.39, 0.29) is 17.7 Å². The Balaban J connectivity index is 1.65. The van der Waals surface area contributed by atoms with Gasteiger partial charge in [0.2, 0.25) is 0 Å². The van der Waals surface area contributed by atoms with Crippen LogP contribution >= 0.6 is 27.3 Å². The van der Waals surface area contributed by atoms with Crippen molar-refractivity contribution in [1.29, 1.82) is 0 Å². The number of hydrogen-bond acceptors (Lipinski definition) is 7. The molecule has 1 aliphatic heterocycles. The molecule has 0 amide bonds. The van der Waals surface area contributed by atoms with Gasteiger partial charge in [-0.2, -0.15) is 0 Å².